The summed E-state index contributed by atoms with van der Waals surface area (Å²) in [4.78, 5) is 10.7. The first kappa shape index (κ1) is 5.51. The smallest absolute Gasteiger partial charge is 0.160 e. The van der Waals surface area contributed by atoms with Gasteiger partial charge in [-0.25, -0.2) is 0 Å². The van der Waals surface area contributed by atoms with Gasteiger partial charge in [-0.1, -0.05) is 0 Å². The zero-order chi connectivity index (χ0) is 5.98. The quantitative estimate of drug-likeness (QED) is 0.522. The molecule has 0 saturated carbocycles. The lowest BCUT2D eigenvalue weighted by Crippen LogP contribution is -1.64. The molecule has 0 fully saturated rings. The van der Waals surface area contributed by atoms with Gasteiger partial charge in [0.1, 0.15) is 0 Å². The molecular formula is C6H5OS. The van der Waals surface area contributed by atoms with Crippen LogP contribution < -0.4 is 0 Å². The third-order valence-corrected chi connectivity index (χ3v) is 1.70. The molecule has 1 heterocycles. The Morgan fingerprint density at radius 1 is 1.75 bits per heavy atom. The fourth-order valence-corrected chi connectivity index (χ4v) is 1.09. The Kier molecular flexibility index (Phi) is 1.44. The van der Waals surface area contributed by atoms with Crippen LogP contribution in [0, 0.1) is 6.92 Å². The highest BCUT2D eigenvalue weighted by molar-refractivity contribution is 7.11. The first-order valence-electron chi connectivity index (χ1n) is 2.18. The van der Waals surface area contributed by atoms with Crippen molar-refractivity contribution in [2.75, 3.05) is 0 Å². The van der Waals surface area contributed by atoms with Crippen LogP contribution in [0.3, 0.4) is 0 Å². The monoisotopic (exact) mass is 125 g/mol. The predicted octanol–water partition coefficient (Wildman–Crippen LogP) is 1.74. The van der Waals surface area contributed by atoms with E-state index < -0.39 is 0 Å². The lowest BCUT2D eigenvalue weighted by molar-refractivity contribution is 0.112. The van der Waals surface area contributed by atoms with Crippen LogP contribution in [0.2, 0.25) is 0 Å². The van der Waals surface area contributed by atoms with Gasteiger partial charge >= 0.3 is 0 Å². The van der Waals surface area contributed by atoms with E-state index in [9.17, 15) is 4.79 Å². The van der Waals surface area contributed by atoms with Gasteiger partial charge in [-0.2, -0.15) is 0 Å². The lowest BCUT2D eigenvalue weighted by Gasteiger charge is -1.69. The molecule has 0 bridgehead atoms. The number of rotatable bonds is 1. The number of aldehydes is 1. The summed E-state index contributed by atoms with van der Waals surface area (Å²) in [6, 6.07) is 1.76. The summed E-state index contributed by atoms with van der Waals surface area (Å²) in [6.07, 6.45) is 0.833. The van der Waals surface area contributed by atoms with E-state index in [1.54, 1.807) is 6.07 Å². The molecule has 0 aromatic carbocycles. The Bertz CT molecular complexity index is 190. The zero-order valence-corrected chi connectivity index (χ0v) is 5.07. The Labute approximate surface area is 52.0 Å². The Morgan fingerprint density at radius 2 is 2.50 bits per heavy atom. The maximum absolute atomic E-state index is 10.0. The summed E-state index contributed by atoms with van der Waals surface area (Å²) in [5.41, 5.74) is 0.914. The fourth-order valence-electron chi connectivity index (χ4n) is 0.456. The van der Waals surface area contributed by atoms with Crippen LogP contribution in [0.25, 0.3) is 0 Å². The molecule has 0 atom stereocenters. The first-order chi connectivity index (χ1) is 3.83. The molecule has 0 spiro atoms. The van der Waals surface area contributed by atoms with Crippen LogP contribution in [-0.2, 0) is 0 Å². The molecule has 0 aliphatic carbocycles. The third kappa shape index (κ3) is 0.954. The summed E-state index contributed by atoms with van der Waals surface area (Å²) >= 11 is 1.42. The average molecular weight is 125 g/mol. The van der Waals surface area contributed by atoms with Crippen molar-refractivity contribution in [2.24, 2.45) is 0 Å². The van der Waals surface area contributed by atoms with E-state index in [-0.39, 0.29) is 0 Å². The average Bonchev–Trinajstić information content (AvgIpc) is 2.14. The molecule has 41 valence electrons. The zero-order valence-electron chi connectivity index (χ0n) is 4.26. The molecule has 0 N–H and O–H groups in total. The normalized spacial score (nSPS) is 9.12. The summed E-state index contributed by atoms with van der Waals surface area (Å²) in [5, 5.41) is 1.85. The highest BCUT2D eigenvalue weighted by Crippen LogP contribution is 2.09. The fraction of sp³-hybridized carbons (Fsp3) is 0. The minimum absolute atomic E-state index is 0.745. The summed E-state index contributed by atoms with van der Waals surface area (Å²) in [6.45, 7) is 3.64. The molecule has 1 aromatic rings. The summed E-state index contributed by atoms with van der Waals surface area (Å²) in [7, 11) is 0. The van der Waals surface area contributed by atoms with Gasteiger partial charge in [-0.3, -0.25) is 4.79 Å². The van der Waals surface area contributed by atoms with E-state index in [4.69, 9.17) is 0 Å². The van der Waals surface area contributed by atoms with Crippen LogP contribution >= 0.6 is 11.3 Å². The van der Waals surface area contributed by atoms with Crippen LogP contribution in [0.15, 0.2) is 11.4 Å². The van der Waals surface area contributed by atoms with Gasteiger partial charge in [0.15, 0.2) is 6.29 Å². The van der Waals surface area contributed by atoms with Gasteiger partial charge in [0, 0.05) is 0 Å². The van der Waals surface area contributed by atoms with Crippen molar-refractivity contribution in [2.45, 2.75) is 0 Å². The molecule has 2 heteroatoms. The van der Waals surface area contributed by atoms with Crippen molar-refractivity contribution in [3.05, 3.63) is 28.8 Å². The molecule has 0 aliphatic rings. The van der Waals surface area contributed by atoms with Crippen molar-refractivity contribution in [3.63, 3.8) is 0 Å². The minimum atomic E-state index is 0.745. The van der Waals surface area contributed by atoms with E-state index in [0.717, 1.165) is 16.7 Å². The van der Waals surface area contributed by atoms with Crippen molar-refractivity contribution in [1.82, 2.24) is 0 Å². The Morgan fingerprint density at radius 3 is 2.75 bits per heavy atom. The highest BCUT2D eigenvalue weighted by Gasteiger charge is 1.90. The van der Waals surface area contributed by atoms with Gasteiger partial charge in [0.05, 0.1) is 4.88 Å². The van der Waals surface area contributed by atoms with Crippen molar-refractivity contribution in [1.29, 1.82) is 0 Å². The van der Waals surface area contributed by atoms with Crippen molar-refractivity contribution in [3.8, 4) is 0 Å². The second-order valence-corrected chi connectivity index (χ2v) is 2.42. The number of thiophene rings is 1. The van der Waals surface area contributed by atoms with Gasteiger partial charge in [0.2, 0.25) is 0 Å². The SMILES string of the molecule is [CH2]c1csc(C=O)c1. The number of hydrogen-bond donors (Lipinski definition) is 0. The summed E-state index contributed by atoms with van der Waals surface area (Å²) < 4.78 is 0. The molecule has 0 amide bonds. The number of carbonyl (C=O) groups is 1. The molecule has 1 rings (SSSR count). The maximum Gasteiger partial charge on any atom is 0.160 e. The van der Waals surface area contributed by atoms with Crippen LogP contribution in [0.4, 0.5) is 0 Å². The second-order valence-electron chi connectivity index (χ2n) is 1.48. The van der Waals surface area contributed by atoms with Gasteiger partial charge in [0.25, 0.3) is 0 Å². The van der Waals surface area contributed by atoms with Crippen molar-refractivity contribution < 1.29 is 4.79 Å². The standard InChI is InChI=1S/C6H5OS/c1-5-2-6(3-7)8-4-5/h2-4H,1H2. The molecule has 0 saturated heterocycles. The molecule has 0 unspecified atom stereocenters. The number of carbonyl (C=O) groups excluding carboxylic acids is 1. The second kappa shape index (κ2) is 2.09. The minimum Gasteiger partial charge on any atom is -0.297 e. The van der Waals surface area contributed by atoms with Gasteiger partial charge in [-0.15, -0.1) is 11.3 Å². The lowest BCUT2D eigenvalue weighted by atomic mass is 10.4. The van der Waals surface area contributed by atoms with E-state index in [1.807, 2.05) is 5.38 Å². The molecule has 8 heavy (non-hydrogen) atoms. The van der Waals surface area contributed by atoms with Crippen LogP contribution in [0.5, 0.6) is 0 Å². The van der Waals surface area contributed by atoms with Crippen molar-refractivity contribution >= 4 is 17.6 Å². The van der Waals surface area contributed by atoms with Crippen LogP contribution in [0.1, 0.15) is 15.2 Å². The number of hydrogen-bond acceptors (Lipinski definition) is 2. The molecule has 0 aliphatic heterocycles. The molecule has 1 nitrogen and oxygen atoms in total. The van der Waals surface area contributed by atoms with Gasteiger partial charge in [-0.05, 0) is 23.9 Å². The Balaban J connectivity index is 3.00. The van der Waals surface area contributed by atoms with E-state index in [1.165, 1.54) is 11.3 Å². The van der Waals surface area contributed by atoms with E-state index >= 15 is 0 Å². The maximum atomic E-state index is 10.0. The summed E-state index contributed by atoms with van der Waals surface area (Å²) in [5.74, 6) is 0. The molecule has 1 radical (unpaired) electrons. The topological polar surface area (TPSA) is 17.1 Å². The third-order valence-electron chi connectivity index (χ3n) is 0.790. The Hall–Kier alpha value is -0.630. The van der Waals surface area contributed by atoms with E-state index in [0.29, 0.717) is 0 Å². The van der Waals surface area contributed by atoms with Crippen LogP contribution in [-0.4, -0.2) is 6.29 Å². The highest BCUT2D eigenvalue weighted by atomic mass is 32.1. The largest absolute Gasteiger partial charge is 0.297 e. The first-order valence-corrected chi connectivity index (χ1v) is 3.06. The van der Waals surface area contributed by atoms with Gasteiger partial charge < -0.3 is 0 Å². The van der Waals surface area contributed by atoms with E-state index in [2.05, 4.69) is 6.92 Å². The molecule has 1 aromatic heterocycles. The molecular weight excluding hydrogens is 120 g/mol. The predicted molar refractivity (Wildman–Crippen MR) is 34.2 cm³/mol.